The van der Waals surface area contributed by atoms with Gasteiger partial charge in [0, 0.05) is 0 Å². The monoisotopic (exact) mass is 544 g/mol. The van der Waals surface area contributed by atoms with Crippen molar-refractivity contribution in [1.82, 2.24) is 4.57 Å². The maximum absolute atomic E-state index is 13.7. The predicted octanol–water partition coefficient (Wildman–Crippen LogP) is 3.62. The van der Waals surface area contributed by atoms with Crippen molar-refractivity contribution in [2.24, 2.45) is 4.99 Å². The molecule has 198 valence electrons. The molecule has 0 bridgehead atoms. The van der Waals surface area contributed by atoms with Crippen LogP contribution >= 0.6 is 11.3 Å². The third-order valence-corrected chi connectivity index (χ3v) is 7.03. The SMILES string of the molecule is CCOC(=O)C1=C(C)N=c2s/c(=C/c3ccc(OC(=O)c4ccco4)c(OC)c3)c(=O)n2[C@@H]1c1ccccc1. The van der Waals surface area contributed by atoms with Crippen LogP contribution in [0.3, 0.4) is 0 Å². The molecular formula is C29H24N2O7S. The molecule has 0 amide bonds. The van der Waals surface area contributed by atoms with E-state index < -0.39 is 18.0 Å². The summed E-state index contributed by atoms with van der Waals surface area (Å²) in [5.41, 5.74) is 1.94. The number of furan rings is 1. The fourth-order valence-electron chi connectivity index (χ4n) is 4.30. The Hall–Kier alpha value is -4.70. The molecule has 5 rings (SSSR count). The first kappa shape index (κ1) is 25.9. The average Bonchev–Trinajstić information content (AvgIpc) is 3.58. The molecule has 0 N–H and O–H groups in total. The number of fused-ring (bicyclic) bond motifs is 1. The van der Waals surface area contributed by atoms with Gasteiger partial charge in [-0.2, -0.15) is 0 Å². The standard InChI is InChI=1S/C29H24N2O7S/c1-4-36-28(34)24-17(2)30-29-31(25(24)19-9-6-5-7-10-19)26(32)23(39-29)16-18-12-13-20(22(15-18)35-3)38-27(33)21-11-8-14-37-21/h5-16,25H,4H2,1-3H3/b23-16+/t25-/m1/s1. The molecule has 3 heterocycles. The Balaban J connectivity index is 1.57. The smallest absolute Gasteiger partial charge is 0.379 e. The van der Waals surface area contributed by atoms with Crippen LogP contribution in [0.5, 0.6) is 11.5 Å². The Kier molecular flexibility index (Phi) is 7.29. The van der Waals surface area contributed by atoms with Crippen molar-refractivity contribution in [1.29, 1.82) is 0 Å². The number of esters is 2. The predicted molar refractivity (Wildman–Crippen MR) is 144 cm³/mol. The molecule has 9 nitrogen and oxygen atoms in total. The van der Waals surface area contributed by atoms with Crippen molar-refractivity contribution in [3.05, 3.63) is 115 Å². The summed E-state index contributed by atoms with van der Waals surface area (Å²) in [4.78, 5) is 44.0. The topological polar surface area (TPSA) is 109 Å². The summed E-state index contributed by atoms with van der Waals surface area (Å²) in [6.07, 6.45) is 3.09. The number of ether oxygens (including phenoxy) is 3. The molecule has 0 spiro atoms. The molecule has 0 radical (unpaired) electrons. The van der Waals surface area contributed by atoms with E-state index in [1.807, 2.05) is 30.3 Å². The Morgan fingerprint density at radius 3 is 2.56 bits per heavy atom. The first-order chi connectivity index (χ1) is 18.9. The maximum atomic E-state index is 13.7. The molecule has 2 aromatic heterocycles. The number of hydrogen-bond acceptors (Lipinski definition) is 9. The van der Waals surface area contributed by atoms with Crippen LogP contribution in [-0.4, -0.2) is 30.2 Å². The number of aromatic nitrogens is 1. The minimum Gasteiger partial charge on any atom is -0.493 e. The summed E-state index contributed by atoms with van der Waals surface area (Å²) in [6, 6.07) is 16.7. The molecule has 2 aromatic carbocycles. The van der Waals surface area contributed by atoms with E-state index in [4.69, 9.17) is 18.6 Å². The Morgan fingerprint density at radius 1 is 1.08 bits per heavy atom. The fraction of sp³-hybridized carbons (Fsp3) is 0.172. The van der Waals surface area contributed by atoms with Crippen molar-refractivity contribution in [3.63, 3.8) is 0 Å². The molecule has 0 saturated carbocycles. The highest BCUT2D eigenvalue weighted by atomic mass is 32.1. The minimum atomic E-state index is -0.679. The van der Waals surface area contributed by atoms with E-state index in [1.165, 1.54) is 35.3 Å². The maximum Gasteiger partial charge on any atom is 0.379 e. The summed E-state index contributed by atoms with van der Waals surface area (Å²) in [5, 5.41) is 0. The summed E-state index contributed by atoms with van der Waals surface area (Å²) < 4.78 is 23.2. The molecule has 0 saturated heterocycles. The highest BCUT2D eigenvalue weighted by Crippen LogP contribution is 2.31. The lowest BCUT2D eigenvalue weighted by Crippen LogP contribution is -2.39. The summed E-state index contributed by atoms with van der Waals surface area (Å²) in [5.74, 6) is -0.595. The first-order valence-corrected chi connectivity index (χ1v) is 12.9. The second kappa shape index (κ2) is 11.0. The van der Waals surface area contributed by atoms with E-state index in [0.29, 0.717) is 31.9 Å². The van der Waals surface area contributed by atoms with Crippen molar-refractivity contribution < 1.29 is 28.2 Å². The van der Waals surface area contributed by atoms with Crippen LogP contribution in [0.25, 0.3) is 6.08 Å². The van der Waals surface area contributed by atoms with Crippen molar-refractivity contribution in [2.75, 3.05) is 13.7 Å². The van der Waals surface area contributed by atoms with Gasteiger partial charge in [-0.3, -0.25) is 9.36 Å². The first-order valence-electron chi connectivity index (χ1n) is 12.1. The van der Waals surface area contributed by atoms with Gasteiger partial charge in [-0.25, -0.2) is 14.6 Å². The normalized spacial score (nSPS) is 14.9. The number of carbonyl (C=O) groups is 2. The molecule has 0 unspecified atom stereocenters. The molecular weight excluding hydrogens is 520 g/mol. The van der Waals surface area contributed by atoms with Gasteiger partial charge in [-0.15, -0.1) is 0 Å². The second-order valence-corrected chi connectivity index (χ2v) is 9.50. The Labute approximate surface area is 226 Å². The van der Waals surface area contributed by atoms with E-state index in [9.17, 15) is 14.4 Å². The quantitative estimate of drug-likeness (QED) is 0.258. The third-order valence-electron chi connectivity index (χ3n) is 6.04. The van der Waals surface area contributed by atoms with Crippen LogP contribution in [0.1, 0.15) is 41.6 Å². The average molecular weight is 545 g/mol. The largest absolute Gasteiger partial charge is 0.493 e. The minimum absolute atomic E-state index is 0.0627. The number of hydrogen-bond donors (Lipinski definition) is 0. The van der Waals surface area contributed by atoms with Gasteiger partial charge in [0.15, 0.2) is 16.3 Å². The lowest BCUT2D eigenvalue weighted by Gasteiger charge is -2.24. The highest BCUT2D eigenvalue weighted by Gasteiger charge is 2.33. The fourth-order valence-corrected chi connectivity index (χ4v) is 5.34. The second-order valence-electron chi connectivity index (χ2n) is 8.49. The van der Waals surface area contributed by atoms with Crippen LogP contribution in [0.15, 0.2) is 92.4 Å². The van der Waals surface area contributed by atoms with Crippen LogP contribution in [0.2, 0.25) is 0 Å². The van der Waals surface area contributed by atoms with Gasteiger partial charge < -0.3 is 18.6 Å². The van der Waals surface area contributed by atoms with E-state index in [-0.39, 0.29) is 23.7 Å². The van der Waals surface area contributed by atoms with Crippen molar-refractivity contribution in [2.45, 2.75) is 19.9 Å². The van der Waals surface area contributed by atoms with Crippen LogP contribution in [0, 0.1) is 0 Å². The van der Waals surface area contributed by atoms with Gasteiger partial charge in [-0.1, -0.05) is 47.7 Å². The van der Waals surface area contributed by atoms with E-state index in [0.717, 1.165) is 5.56 Å². The van der Waals surface area contributed by atoms with E-state index >= 15 is 0 Å². The number of thiazole rings is 1. The summed E-state index contributed by atoms with van der Waals surface area (Å²) in [7, 11) is 1.46. The number of methoxy groups -OCH3 is 1. The lowest BCUT2D eigenvalue weighted by atomic mass is 9.96. The number of nitrogens with zero attached hydrogens (tertiary/aromatic N) is 2. The van der Waals surface area contributed by atoms with E-state index in [2.05, 4.69) is 4.99 Å². The van der Waals surface area contributed by atoms with Gasteiger partial charge in [0.05, 0.1) is 41.8 Å². The number of rotatable bonds is 7. The molecule has 39 heavy (non-hydrogen) atoms. The van der Waals surface area contributed by atoms with E-state index in [1.54, 1.807) is 44.2 Å². The Morgan fingerprint density at radius 2 is 1.87 bits per heavy atom. The van der Waals surface area contributed by atoms with Gasteiger partial charge in [0.25, 0.3) is 5.56 Å². The molecule has 1 atom stereocenters. The number of carbonyl (C=O) groups excluding carboxylic acids is 2. The third kappa shape index (κ3) is 5.06. The number of allylic oxidation sites excluding steroid dienone is 1. The zero-order valence-electron chi connectivity index (χ0n) is 21.4. The van der Waals surface area contributed by atoms with Crippen molar-refractivity contribution >= 4 is 29.4 Å². The molecule has 1 aliphatic rings. The van der Waals surface area contributed by atoms with Crippen LogP contribution in [-0.2, 0) is 9.53 Å². The molecule has 10 heteroatoms. The van der Waals surface area contributed by atoms with Crippen LogP contribution in [0.4, 0.5) is 0 Å². The van der Waals surface area contributed by atoms with Crippen molar-refractivity contribution in [3.8, 4) is 11.5 Å². The lowest BCUT2D eigenvalue weighted by molar-refractivity contribution is -0.139. The molecule has 0 fully saturated rings. The van der Waals surface area contributed by atoms with Gasteiger partial charge in [-0.05, 0) is 55.3 Å². The van der Waals surface area contributed by atoms with Crippen LogP contribution < -0.4 is 24.4 Å². The Bertz CT molecular complexity index is 1750. The zero-order chi connectivity index (χ0) is 27.5. The number of benzene rings is 2. The zero-order valence-corrected chi connectivity index (χ0v) is 22.2. The highest BCUT2D eigenvalue weighted by molar-refractivity contribution is 7.07. The molecule has 1 aliphatic heterocycles. The summed E-state index contributed by atoms with van der Waals surface area (Å²) in [6.45, 7) is 3.68. The summed E-state index contributed by atoms with van der Waals surface area (Å²) >= 11 is 1.22. The van der Waals surface area contributed by atoms with Gasteiger partial charge >= 0.3 is 11.9 Å². The molecule has 4 aromatic rings. The molecule has 0 aliphatic carbocycles. The van der Waals surface area contributed by atoms with Gasteiger partial charge in [0.2, 0.25) is 5.76 Å². The van der Waals surface area contributed by atoms with Gasteiger partial charge in [0.1, 0.15) is 0 Å².